The van der Waals surface area contributed by atoms with Gasteiger partial charge in [-0.2, -0.15) is 0 Å². The van der Waals surface area contributed by atoms with Crippen LogP contribution in [0, 0.1) is 5.92 Å². The maximum Gasteiger partial charge on any atom is 0.257 e. The number of benzene rings is 2. The van der Waals surface area contributed by atoms with Crippen molar-refractivity contribution in [2.24, 2.45) is 5.92 Å². The molecular weight excluding hydrogens is 411 g/mol. The number of hydrogen-bond donors (Lipinski definition) is 0. The van der Waals surface area contributed by atoms with E-state index in [1.165, 1.54) is 0 Å². The molecule has 0 saturated carbocycles. The van der Waals surface area contributed by atoms with E-state index in [9.17, 15) is 9.59 Å². The number of piperazine rings is 1. The van der Waals surface area contributed by atoms with Crippen LogP contribution < -0.4 is 4.74 Å². The lowest BCUT2D eigenvalue weighted by Gasteiger charge is -2.35. The van der Waals surface area contributed by atoms with E-state index >= 15 is 0 Å². The predicted octanol–water partition coefficient (Wildman–Crippen LogP) is 4.51. The van der Waals surface area contributed by atoms with Crippen molar-refractivity contribution in [2.75, 3.05) is 26.2 Å². The third-order valence-corrected chi connectivity index (χ3v) is 5.48. The van der Waals surface area contributed by atoms with Gasteiger partial charge in [-0.3, -0.25) is 9.59 Å². The van der Waals surface area contributed by atoms with Crippen LogP contribution in [0.25, 0.3) is 0 Å². The van der Waals surface area contributed by atoms with Crippen molar-refractivity contribution in [3.63, 3.8) is 0 Å². The van der Waals surface area contributed by atoms with Crippen molar-refractivity contribution in [3.8, 4) is 5.75 Å². The summed E-state index contributed by atoms with van der Waals surface area (Å²) in [4.78, 5) is 28.8. The van der Waals surface area contributed by atoms with E-state index in [0.717, 1.165) is 5.56 Å². The Hall–Kier alpha value is -2.24. The highest BCUT2D eigenvalue weighted by atomic mass is 35.5. The van der Waals surface area contributed by atoms with Crippen molar-refractivity contribution in [3.05, 3.63) is 63.6 Å². The maximum absolute atomic E-state index is 13.1. The summed E-state index contributed by atoms with van der Waals surface area (Å²) in [5.74, 6) is 0.496. The van der Waals surface area contributed by atoms with Gasteiger partial charge in [0.15, 0.2) is 0 Å². The molecule has 0 unspecified atom stereocenters. The first-order valence-electron chi connectivity index (χ1n) is 9.60. The van der Waals surface area contributed by atoms with Crippen molar-refractivity contribution in [1.82, 2.24) is 9.80 Å². The second-order valence-electron chi connectivity index (χ2n) is 7.29. The molecule has 1 aliphatic heterocycles. The van der Waals surface area contributed by atoms with Gasteiger partial charge in [-0.05, 0) is 24.3 Å². The monoisotopic (exact) mass is 434 g/mol. The number of halogens is 2. The number of carbonyl (C=O) groups is 2. The van der Waals surface area contributed by atoms with Crippen LogP contribution in [-0.4, -0.2) is 47.8 Å². The minimum atomic E-state index is -0.0977. The van der Waals surface area contributed by atoms with E-state index in [2.05, 4.69) is 0 Å². The summed E-state index contributed by atoms with van der Waals surface area (Å²) in [5, 5.41) is 1.08. The number of nitrogens with zero attached hydrogens (tertiary/aromatic N) is 2. The van der Waals surface area contributed by atoms with Gasteiger partial charge in [0.25, 0.3) is 5.91 Å². The Morgan fingerprint density at radius 1 is 1.00 bits per heavy atom. The first kappa shape index (κ1) is 21.5. The first-order chi connectivity index (χ1) is 13.9. The highest BCUT2D eigenvalue weighted by Gasteiger charge is 2.27. The van der Waals surface area contributed by atoms with Crippen LogP contribution in [0.5, 0.6) is 5.75 Å². The van der Waals surface area contributed by atoms with Gasteiger partial charge in [0.1, 0.15) is 12.4 Å². The van der Waals surface area contributed by atoms with E-state index in [1.807, 2.05) is 30.9 Å². The Kier molecular flexibility index (Phi) is 7.04. The number of para-hydroxylation sites is 1. The number of amides is 2. The molecule has 29 heavy (non-hydrogen) atoms. The normalized spacial score (nSPS) is 14.2. The zero-order valence-electron chi connectivity index (χ0n) is 16.5. The molecule has 2 aromatic rings. The Balaban J connectivity index is 1.67. The Labute approximate surface area is 181 Å². The number of ether oxygens (including phenoxy) is 1. The minimum absolute atomic E-state index is 0.0360. The second kappa shape index (κ2) is 9.51. The van der Waals surface area contributed by atoms with E-state index in [-0.39, 0.29) is 24.3 Å². The molecule has 154 valence electrons. The summed E-state index contributed by atoms with van der Waals surface area (Å²) < 4.78 is 5.91. The number of carbonyl (C=O) groups excluding carboxylic acids is 2. The molecule has 2 amide bonds. The standard InChI is InChI=1S/C22H24Cl2N2O3/c1-15(2)21(27)25-9-11-26(12-10-25)22(28)18-5-3-4-6-20(18)29-14-16-7-8-17(23)13-19(16)24/h3-8,13,15H,9-12,14H2,1-2H3. The lowest BCUT2D eigenvalue weighted by molar-refractivity contribution is -0.135. The summed E-state index contributed by atoms with van der Waals surface area (Å²) in [6.45, 7) is 6.12. The van der Waals surface area contributed by atoms with E-state index in [0.29, 0.717) is 47.5 Å². The largest absolute Gasteiger partial charge is 0.488 e. The van der Waals surface area contributed by atoms with Gasteiger partial charge in [-0.25, -0.2) is 0 Å². The molecule has 1 aliphatic rings. The van der Waals surface area contributed by atoms with Gasteiger partial charge in [-0.1, -0.05) is 55.2 Å². The van der Waals surface area contributed by atoms with Gasteiger partial charge in [0.2, 0.25) is 5.91 Å². The van der Waals surface area contributed by atoms with Gasteiger partial charge < -0.3 is 14.5 Å². The van der Waals surface area contributed by atoms with Crippen LogP contribution in [0.2, 0.25) is 10.0 Å². The highest BCUT2D eigenvalue weighted by Crippen LogP contribution is 2.25. The fraction of sp³-hybridized carbons (Fsp3) is 0.364. The van der Waals surface area contributed by atoms with Crippen LogP contribution >= 0.6 is 23.2 Å². The van der Waals surface area contributed by atoms with Crippen LogP contribution in [-0.2, 0) is 11.4 Å². The average molecular weight is 435 g/mol. The third kappa shape index (κ3) is 5.22. The first-order valence-corrected chi connectivity index (χ1v) is 10.4. The van der Waals surface area contributed by atoms with Crippen molar-refractivity contribution < 1.29 is 14.3 Å². The number of rotatable bonds is 5. The lowest BCUT2D eigenvalue weighted by Crippen LogP contribution is -2.51. The molecule has 0 radical (unpaired) electrons. The Morgan fingerprint density at radius 3 is 2.31 bits per heavy atom. The SMILES string of the molecule is CC(C)C(=O)N1CCN(C(=O)c2ccccc2OCc2ccc(Cl)cc2Cl)CC1. The molecular formula is C22H24Cl2N2O3. The number of hydrogen-bond acceptors (Lipinski definition) is 3. The van der Waals surface area contributed by atoms with Gasteiger partial charge in [0, 0.05) is 47.7 Å². The van der Waals surface area contributed by atoms with E-state index in [4.69, 9.17) is 27.9 Å². The summed E-state index contributed by atoms with van der Waals surface area (Å²) in [6.07, 6.45) is 0. The van der Waals surface area contributed by atoms with E-state index in [1.54, 1.807) is 35.2 Å². The summed E-state index contributed by atoms with van der Waals surface area (Å²) in [6, 6.07) is 12.4. The Morgan fingerprint density at radius 2 is 1.66 bits per heavy atom. The van der Waals surface area contributed by atoms with Gasteiger partial charge >= 0.3 is 0 Å². The minimum Gasteiger partial charge on any atom is -0.488 e. The molecule has 0 aliphatic carbocycles. The topological polar surface area (TPSA) is 49.9 Å². The second-order valence-corrected chi connectivity index (χ2v) is 8.14. The fourth-order valence-electron chi connectivity index (χ4n) is 3.23. The quantitative estimate of drug-likeness (QED) is 0.695. The molecule has 0 spiro atoms. The predicted molar refractivity (Wildman–Crippen MR) is 115 cm³/mol. The summed E-state index contributed by atoms with van der Waals surface area (Å²) in [7, 11) is 0. The summed E-state index contributed by atoms with van der Waals surface area (Å²) >= 11 is 12.1. The van der Waals surface area contributed by atoms with Gasteiger partial charge in [-0.15, -0.1) is 0 Å². The molecule has 0 atom stereocenters. The molecule has 7 heteroatoms. The molecule has 1 saturated heterocycles. The molecule has 1 fully saturated rings. The molecule has 0 bridgehead atoms. The zero-order valence-corrected chi connectivity index (χ0v) is 18.0. The molecule has 2 aromatic carbocycles. The maximum atomic E-state index is 13.1. The molecule has 0 N–H and O–H groups in total. The molecule has 3 rings (SSSR count). The average Bonchev–Trinajstić information content (AvgIpc) is 2.72. The van der Waals surface area contributed by atoms with Gasteiger partial charge in [0.05, 0.1) is 5.56 Å². The summed E-state index contributed by atoms with van der Waals surface area (Å²) in [5.41, 5.74) is 1.29. The Bertz CT molecular complexity index is 893. The van der Waals surface area contributed by atoms with Crippen molar-refractivity contribution >= 4 is 35.0 Å². The van der Waals surface area contributed by atoms with Crippen LogP contribution in [0.4, 0.5) is 0 Å². The molecule has 5 nitrogen and oxygen atoms in total. The smallest absolute Gasteiger partial charge is 0.257 e. The molecule has 0 aromatic heterocycles. The van der Waals surface area contributed by atoms with Crippen LogP contribution in [0.15, 0.2) is 42.5 Å². The molecule has 1 heterocycles. The third-order valence-electron chi connectivity index (χ3n) is 4.89. The fourth-order valence-corrected chi connectivity index (χ4v) is 3.69. The zero-order chi connectivity index (χ0) is 21.0. The van der Waals surface area contributed by atoms with Crippen LogP contribution in [0.3, 0.4) is 0 Å². The van der Waals surface area contributed by atoms with E-state index < -0.39 is 0 Å². The lowest BCUT2D eigenvalue weighted by atomic mass is 10.1. The van der Waals surface area contributed by atoms with Crippen molar-refractivity contribution in [2.45, 2.75) is 20.5 Å². The van der Waals surface area contributed by atoms with Crippen molar-refractivity contribution in [1.29, 1.82) is 0 Å². The highest BCUT2D eigenvalue weighted by molar-refractivity contribution is 6.35. The van der Waals surface area contributed by atoms with Crippen LogP contribution in [0.1, 0.15) is 29.8 Å².